The molecular weight excluding hydrogens is 184 g/mol. The van der Waals surface area contributed by atoms with Crippen molar-refractivity contribution in [2.75, 3.05) is 0 Å². The van der Waals surface area contributed by atoms with Crippen LogP contribution >= 0.6 is 0 Å². The van der Waals surface area contributed by atoms with Gasteiger partial charge < -0.3 is 10.2 Å². The Hall–Kier alpha value is -1.52. The highest BCUT2D eigenvalue weighted by Gasteiger charge is 1.96. The Bertz CT molecular complexity index is 267. The summed E-state index contributed by atoms with van der Waals surface area (Å²) < 4.78 is 4.28. The fourth-order valence-corrected chi connectivity index (χ4v) is 0.975. The van der Waals surface area contributed by atoms with Gasteiger partial charge in [0, 0.05) is 0 Å². The topological polar surface area (TPSA) is 66.3 Å². The summed E-state index contributed by atoms with van der Waals surface area (Å²) in [4.78, 5) is 8.56. The third-order valence-corrected chi connectivity index (χ3v) is 1.59. The van der Waals surface area contributed by atoms with Crippen molar-refractivity contribution in [2.45, 2.75) is 26.3 Å². The second-order valence-corrected chi connectivity index (χ2v) is 2.95. The van der Waals surface area contributed by atoms with E-state index in [0.717, 1.165) is 6.54 Å². The molecule has 1 aromatic rings. The molecule has 0 saturated heterocycles. The fraction of sp³-hybridized carbons (Fsp3) is 0.556. The molecule has 0 fully saturated rings. The number of rotatable bonds is 3. The smallest absolute Gasteiger partial charge is 0.450 e. The lowest BCUT2D eigenvalue weighted by Gasteiger charge is -1.90. The predicted octanol–water partition coefficient (Wildman–Crippen LogP) is 1.34. The fourth-order valence-electron chi connectivity index (χ4n) is 0.975. The maximum absolute atomic E-state index is 8.56. The van der Waals surface area contributed by atoms with Crippen molar-refractivity contribution in [1.29, 1.82) is 0 Å². The van der Waals surface area contributed by atoms with Gasteiger partial charge in [-0.1, -0.05) is 13.3 Å². The molecule has 0 unspecified atom stereocenters. The van der Waals surface area contributed by atoms with E-state index in [2.05, 4.69) is 34.8 Å². The zero-order valence-electron chi connectivity index (χ0n) is 8.55. The van der Waals surface area contributed by atoms with Gasteiger partial charge in [0.1, 0.15) is 12.4 Å². The standard InChI is InChI=1S/C8H15N2.CH2O3/c1-3-4-5-10-7-6-9(2)8-10;2-1(3)4/h6-8H,3-5H2,1-2H3;(H2,2,3,4)/q+1;. The number of carboxylic acid groups (broad SMARTS) is 2. The van der Waals surface area contributed by atoms with Crippen molar-refractivity contribution in [3.63, 3.8) is 0 Å². The molecule has 0 aliphatic carbocycles. The summed E-state index contributed by atoms with van der Waals surface area (Å²) in [7, 11) is 2.04. The van der Waals surface area contributed by atoms with Crippen LogP contribution in [0.1, 0.15) is 19.8 Å². The monoisotopic (exact) mass is 201 g/mol. The van der Waals surface area contributed by atoms with Crippen molar-refractivity contribution < 1.29 is 19.6 Å². The Kier molecular flexibility index (Phi) is 6.19. The van der Waals surface area contributed by atoms with Crippen LogP contribution in [0.5, 0.6) is 0 Å². The van der Waals surface area contributed by atoms with Crippen LogP contribution in [-0.4, -0.2) is 20.9 Å². The summed E-state index contributed by atoms with van der Waals surface area (Å²) in [5, 5.41) is 13.9. The number of hydrogen-bond acceptors (Lipinski definition) is 1. The van der Waals surface area contributed by atoms with Crippen LogP contribution in [-0.2, 0) is 13.6 Å². The highest BCUT2D eigenvalue weighted by molar-refractivity contribution is 5.53. The molecular formula is C9H17N2O3+. The Morgan fingerprint density at radius 3 is 2.43 bits per heavy atom. The van der Waals surface area contributed by atoms with E-state index in [9.17, 15) is 0 Å². The molecule has 80 valence electrons. The molecule has 0 radical (unpaired) electrons. The SMILES string of the molecule is CCCCn1cc[n+](C)c1.O=C(O)O. The minimum Gasteiger partial charge on any atom is -0.450 e. The molecule has 2 N–H and O–H groups in total. The van der Waals surface area contributed by atoms with Gasteiger partial charge in [-0.25, -0.2) is 13.9 Å². The van der Waals surface area contributed by atoms with Gasteiger partial charge in [-0.2, -0.15) is 0 Å². The number of hydrogen-bond donors (Lipinski definition) is 2. The van der Waals surface area contributed by atoms with Crippen LogP contribution in [0.2, 0.25) is 0 Å². The van der Waals surface area contributed by atoms with Crippen LogP contribution in [0.25, 0.3) is 0 Å². The van der Waals surface area contributed by atoms with Crippen LogP contribution in [0, 0.1) is 0 Å². The Balaban J connectivity index is 0.000000364. The van der Waals surface area contributed by atoms with Gasteiger partial charge in [0.2, 0.25) is 6.33 Å². The van der Waals surface area contributed by atoms with Crippen molar-refractivity contribution in [3.8, 4) is 0 Å². The highest BCUT2D eigenvalue weighted by Crippen LogP contribution is 1.91. The first kappa shape index (κ1) is 12.5. The highest BCUT2D eigenvalue weighted by atomic mass is 16.6. The molecule has 0 aliphatic heterocycles. The maximum Gasteiger partial charge on any atom is 0.503 e. The molecule has 5 nitrogen and oxygen atoms in total. The van der Waals surface area contributed by atoms with E-state index < -0.39 is 6.16 Å². The Morgan fingerprint density at radius 2 is 2.07 bits per heavy atom. The molecule has 0 aliphatic rings. The molecule has 0 saturated carbocycles. The first-order valence-corrected chi connectivity index (χ1v) is 4.49. The summed E-state index contributed by atoms with van der Waals surface area (Å²) in [5.74, 6) is 0. The van der Waals surface area contributed by atoms with Crippen LogP contribution in [0.15, 0.2) is 18.7 Å². The van der Waals surface area contributed by atoms with E-state index in [1.807, 2.05) is 7.05 Å². The average molecular weight is 201 g/mol. The van der Waals surface area contributed by atoms with E-state index in [4.69, 9.17) is 15.0 Å². The molecule has 5 heteroatoms. The lowest BCUT2D eigenvalue weighted by atomic mass is 10.3. The van der Waals surface area contributed by atoms with Crippen molar-refractivity contribution in [1.82, 2.24) is 4.57 Å². The van der Waals surface area contributed by atoms with Gasteiger partial charge in [-0.05, 0) is 6.42 Å². The lowest BCUT2D eigenvalue weighted by molar-refractivity contribution is -0.671. The number of imidazole rings is 1. The molecule has 1 aromatic heterocycles. The Morgan fingerprint density at radius 1 is 1.50 bits per heavy atom. The molecule has 14 heavy (non-hydrogen) atoms. The lowest BCUT2D eigenvalue weighted by Crippen LogP contribution is -2.23. The van der Waals surface area contributed by atoms with Crippen LogP contribution in [0.4, 0.5) is 4.79 Å². The largest absolute Gasteiger partial charge is 0.503 e. The van der Waals surface area contributed by atoms with Crippen LogP contribution < -0.4 is 4.57 Å². The average Bonchev–Trinajstić information content (AvgIpc) is 2.47. The van der Waals surface area contributed by atoms with Crippen molar-refractivity contribution in [3.05, 3.63) is 18.7 Å². The van der Waals surface area contributed by atoms with E-state index in [0.29, 0.717) is 0 Å². The quantitative estimate of drug-likeness (QED) is 0.725. The first-order valence-electron chi connectivity index (χ1n) is 4.49. The van der Waals surface area contributed by atoms with Crippen molar-refractivity contribution >= 4 is 6.16 Å². The van der Waals surface area contributed by atoms with E-state index in [-0.39, 0.29) is 0 Å². The molecule has 1 rings (SSSR count). The zero-order chi connectivity index (χ0) is 11.0. The molecule has 0 atom stereocenters. The third kappa shape index (κ3) is 7.15. The molecule has 0 amide bonds. The van der Waals surface area contributed by atoms with E-state index in [1.165, 1.54) is 12.8 Å². The first-order chi connectivity index (χ1) is 6.56. The zero-order valence-corrected chi connectivity index (χ0v) is 8.55. The second-order valence-electron chi connectivity index (χ2n) is 2.95. The number of unbranched alkanes of at least 4 members (excludes halogenated alkanes) is 1. The summed E-state index contributed by atoms with van der Waals surface area (Å²) in [6.07, 6.45) is 6.98. The molecule has 0 bridgehead atoms. The predicted molar refractivity (Wildman–Crippen MR) is 51.2 cm³/mol. The maximum atomic E-state index is 8.56. The number of aromatic nitrogens is 2. The van der Waals surface area contributed by atoms with E-state index in [1.54, 1.807) is 0 Å². The molecule has 0 spiro atoms. The number of carbonyl (C=O) groups is 1. The van der Waals surface area contributed by atoms with E-state index >= 15 is 0 Å². The summed E-state index contributed by atoms with van der Waals surface area (Å²) >= 11 is 0. The minimum atomic E-state index is -1.83. The van der Waals surface area contributed by atoms with Gasteiger partial charge in [0.25, 0.3) is 0 Å². The second kappa shape index (κ2) is 6.94. The Labute approximate surface area is 83.2 Å². The van der Waals surface area contributed by atoms with Gasteiger partial charge >= 0.3 is 6.16 Å². The number of nitrogens with zero attached hydrogens (tertiary/aromatic N) is 2. The normalized spacial score (nSPS) is 9.00. The molecule has 0 aromatic carbocycles. The summed E-state index contributed by atoms with van der Waals surface area (Å²) in [6, 6.07) is 0. The summed E-state index contributed by atoms with van der Waals surface area (Å²) in [6.45, 7) is 3.36. The third-order valence-electron chi connectivity index (χ3n) is 1.59. The minimum absolute atomic E-state index is 1.15. The van der Waals surface area contributed by atoms with Gasteiger partial charge in [-0.3, -0.25) is 0 Å². The number of aryl methyl sites for hydroxylation is 2. The van der Waals surface area contributed by atoms with Gasteiger partial charge in [0.15, 0.2) is 0 Å². The summed E-state index contributed by atoms with van der Waals surface area (Å²) in [5.41, 5.74) is 0. The molecule has 1 heterocycles. The van der Waals surface area contributed by atoms with Gasteiger partial charge in [0.05, 0.1) is 13.6 Å². The van der Waals surface area contributed by atoms with Gasteiger partial charge in [-0.15, -0.1) is 0 Å². The van der Waals surface area contributed by atoms with Crippen LogP contribution in [0.3, 0.4) is 0 Å². The van der Waals surface area contributed by atoms with Crippen molar-refractivity contribution in [2.24, 2.45) is 7.05 Å².